The van der Waals surface area contributed by atoms with E-state index in [4.69, 9.17) is 0 Å². The number of rotatable bonds is 0. The Morgan fingerprint density at radius 1 is 0.850 bits per heavy atom. The van der Waals surface area contributed by atoms with E-state index in [1.165, 1.54) is 25.6 Å². The van der Waals surface area contributed by atoms with Crippen molar-refractivity contribution in [1.82, 2.24) is 9.97 Å². The molecular formula is C17H10N2S. The molecule has 3 heterocycles. The molecule has 5 aromatic rings. The summed E-state index contributed by atoms with van der Waals surface area (Å²) in [4.78, 5) is 8.22. The molecule has 2 aromatic carbocycles. The van der Waals surface area contributed by atoms with E-state index in [2.05, 4.69) is 58.5 Å². The van der Waals surface area contributed by atoms with Gasteiger partial charge in [0.1, 0.15) is 0 Å². The number of pyridine rings is 1. The highest BCUT2D eigenvalue weighted by atomic mass is 32.1. The Morgan fingerprint density at radius 3 is 2.60 bits per heavy atom. The molecule has 3 aromatic heterocycles. The second-order valence-electron chi connectivity index (χ2n) is 4.99. The maximum absolute atomic E-state index is 4.67. The number of para-hydroxylation sites is 1. The summed E-state index contributed by atoms with van der Waals surface area (Å²) >= 11 is 1.80. The van der Waals surface area contributed by atoms with E-state index in [-0.39, 0.29) is 0 Å². The Morgan fingerprint density at radius 2 is 1.65 bits per heavy atom. The third-order valence-corrected chi connectivity index (χ3v) is 4.97. The van der Waals surface area contributed by atoms with Crippen LogP contribution in [-0.2, 0) is 0 Å². The lowest BCUT2D eigenvalue weighted by Crippen LogP contribution is -1.75. The first-order valence-electron chi connectivity index (χ1n) is 6.58. The zero-order valence-corrected chi connectivity index (χ0v) is 11.4. The number of benzene rings is 2. The van der Waals surface area contributed by atoms with Gasteiger partial charge in [-0.05, 0) is 12.1 Å². The normalized spacial score (nSPS) is 12.0. The summed E-state index contributed by atoms with van der Waals surface area (Å²) in [7, 11) is 0. The number of hydrogen-bond donors (Lipinski definition) is 1. The molecule has 0 saturated carbocycles. The van der Waals surface area contributed by atoms with Crippen LogP contribution in [0, 0.1) is 0 Å². The largest absolute Gasteiger partial charge is 0.353 e. The average Bonchev–Trinajstić information content (AvgIpc) is 3.04. The van der Waals surface area contributed by atoms with Crippen molar-refractivity contribution in [2.45, 2.75) is 0 Å². The maximum atomic E-state index is 4.67. The van der Waals surface area contributed by atoms with Crippen LogP contribution in [0.5, 0.6) is 0 Å². The third-order valence-electron chi connectivity index (χ3n) is 3.86. The lowest BCUT2D eigenvalue weighted by molar-refractivity contribution is 1.46. The Hall–Kier alpha value is -2.39. The van der Waals surface area contributed by atoms with Gasteiger partial charge in [0.15, 0.2) is 0 Å². The van der Waals surface area contributed by atoms with Gasteiger partial charge >= 0.3 is 0 Å². The van der Waals surface area contributed by atoms with Gasteiger partial charge in [-0.2, -0.15) is 0 Å². The molecule has 0 aliphatic heterocycles. The molecule has 0 spiro atoms. The molecule has 0 atom stereocenters. The van der Waals surface area contributed by atoms with Crippen molar-refractivity contribution in [2.75, 3.05) is 0 Å². The van der Waals surface area contributed by atoms with Gasteiger partial charge in [-0.25, -0.2) is 0 Å². The zero-order valence-electron chi connectivity index (χ0n) is 10.6. The first-order valence-corrected chi connectivity index (χ1v) is 7.40. The first-order chi connectivity index (χ1) is 9.92. The fourth-order valence-electron chi connectivity index (χ4n) is 2.98. The van der Waals surface area contributed by atoms with Gasteiger partial charge in [0.25, 0.3) is 0 Å². The molecule has 0 unspecified atom stereocenters. The quantitative estimate of drug-likeness (QED) is 0.419. The van der Waals surface area contributed by atoms with Crippen LogP contribution in [0.15, 0.2) is 54.7 Å². The fraction of sp³-hybridized carbons (Fsp3) is 0. The Labute approximate surface area is 118 Å². The van der Waals surface area contributed by atoms with Crippen molar-refractivity contribution < 1.29 is 0 Å². The van der Waals surface area contributed by atoms with Gasteiger partial charge in [-0.3, -0.25) is 4.98 Å². The summed E-state index contributed by atoms with van der Waals surface area (Å²) in [6, 6.07) is 16.9. The van der Waals surface area contributed by atoms with Gasteiger partial charge in [-0.15, -0.1) is 11.3 Å². The molecule has 2 nitrogen and oxygen atoms in total. The number of H-pyrrole nitrogens is 1. The number of hydrogen-bond acceptors (Lipinski definition) is 2. The smallest absolute Gasteiger partial charge is 0.0965 e. The van der Waals surface area contributed by atoms with E-state index in [0.29, 0.717) is 0 Å². The van der Waals surface area contributed by atoms with E-state index < -0.39 is 0 Å². The van der Waals surface area contributed by atoms with E-state index in [9.17, 15) is 0 Å². The molecule has 94 valence electrons. The lowest BCUT2D eigenvalue weighted by atomic mass is 10.1. The van der Waals surface area contributed by atoms with E-state index in [1.807, 2.05) is 6.20 Å². The molecule has 1 N–H and O–H groups in total. The first kappa shape index (κ1) is 10.4. The molecule has 0 aliphatic carbocycles. The molecular weight excluding hydrogens is 264 g/mol. The molecule has 3 heteroatoms. The van der Waals surface area contributed by atoms with Crippen molar-refractivity contribution in [3.05, 3.63) is 54.7 Å². The molecule has 0 saturated heterocycles. The number of thiophene rings is 1. The van der Waals surface area contributed by atoms with Crippen LogP contribution in [0.4, 0.5) is 0 Å². The summed E-state index contributed by atoms with van der Waals surface area (Å²) in [6.07, 6.45) is 2.00. The van der Waals surface area contributed by atoms with Crippen molar-refractivity contribution in [2.24, 2.45) is 0 Å². The fourth-order valence-corrected chi connectivity index (χ4v) is 4.06. The number of nitrogens with one attached hydrogen (secondary N) is 1. The maximum Gasteiger partial charge on any atom is 0.0965 e. The molecule has 0 amide bonds. The van der Waals surface area contributed by atoms with Crippen LogP contribution in [0.2, 0.25) is 0 Å². The van der Waals surface area contributed by atoms with Gasteiger partial charge in [0.2, 0.25) is 0 Å². The highest BCUT2D eigenvalue weighted by Gasteiger charge is 2.12. The number of aromatic nitrogens is 2. The van der Waals surface area contributed by atoms with E-state index >= 15 is 0 Å². The number of nitrogens with zero attached hydrogens (tertiary/aromatic N) is 1. The summed E-state index contributed by atoms with van der Waals surface area (Å²) < 4.78 is 2.56. The number of aromatic amines is 1. The van der Waals surface area contributed by atoms with Gasteiger partial charge in [0, 0.05) is 32.6 Å². The SMILES string of the molecule is c1ccc2c(c1)[nH]c1c2ncc2sc3ccccc3c21. The van der Waals surface area contributed by atoms with Crippen molar-refractivity contribution in [3.8, 4) is 0 Å². The number of fused-ring (bicyclic) bond motifs is 7. The summed E-state index contributed by atoms with van der Waals surface area (Å²) in [5.41, 5.74) is 3.37. The minimum atomic E-state index is 1.07. The van der Waals surface area contributed by atoms with Gasteiger partial charge in [-0.1, -0.05) is 36.4 Å². The third kappa shape index (κ3) is 1.20. The van der Waals surface area contributed by atoms with Crippen LogP contribution >= 0.6 is 11.3 Å². The zero-order chi connectivity index (χ0) is 13.1. The van der Waals surface area contributed by atoms with Gasteiger partial charge in [0.05, 0.1) is 15.7 Å². The molecule has 0 fully saturated rings. The lowest BCUT2D eigenvalue weighted by Gasteiger charge is -1.94. The van der Waals surface area contributed by atoms with Crippen LogP contribution in [0.25, 0.3) is 42.1 Å². The van der Waals surface area contributed by atoms with Crippen LogP contribution in [0.3, 0.4) is 0 Å². The van der Waals surface area contributed by atoms with Crippen molar-refractivity contribution >= 4 is 53.4 Å². The van der Waals surface area contributed by atoms with Crippen LogP contribution < -0.4 is 0 Å². The van der Waals surface area contributed by atoms with Crippen molar-refractivity contribution in [1.29, 1.82) is 0 Å². The molecule has 5 rings (SSSR count). The van der Waals surface area contributed by atoms with E-state index in [0.717, 1.165) is 16.6 Å². The molecule has 20 heavy (non-hydrogen) atoms. The minimum absolute atomic E-state index is 1.07. The highest BCUT2D eigenvalue weighted by molar-refractivity contribution is 7.26. The predicted molar refractivity (Wildman–Crippen MR) is 86.5 cm³/mol. The predicted octanol–water partition coefficient (Wildman–Crippen LogP) is 5.08. The summed E-state index contributed by atoms with van der Waals surface area (Å²) in [6.45, 7) is 0. The van der Waals surface area contributed by atoms with Crippen molar-refractivity contribution in [3.63, 3.8) is 0 Å². The van der Waals surface area contributed by atoms with Gasteiger partial charge < -0.3 is 4.98 Å². The Bertz CT molecular complexity index is 1100. The second-order valence-corrected chi connectivity index (χ2v) is 6.07. The topological polar surface area (TPSA) is 28.7 Å². The molecule has 0 radical (unpaired) electrons. The second kappa shape index (κ2) is 3.58. The monoisotopic (exact) mass is 274 g/mol. The Kier molecular flexibility index (Phi) is 1.86. The summed E-state index contributed by atoms with van der Waals surface area (Å²) in [5, 5.41) is 3.80. The Balaban J connectivity index is 2.14. The molecule has 0 bridgehead atoms. The summed E-state index contributed by atoms with van der Waals surface area (Å²) in [5.74, 6) is 0. The average molecular weight is 274 g/mol. The van der Waals surface area contributed by atoms with E-state index in [1.54, 1.807) is 11.3 Å². The molecule has 0 aliphatic rings. The highest BCUT2D eigenvalue weighted by Crippen LogP contribution is 2.38. The van der Waals surface area contributed by atoms with Crippen LogP contribution in [-0.4, -0.2) is 9.97 Å². The van der Waals surface area contributed by atoms with Crippen LogP contribution in [0.1, 0.15) is 0 Å². The standard InChI is InChI=1S/C17H10N2S/c1-3-7-12-10(5-1)16-17(19-12)15-11-6-2-4-8-13(11)20-14(15)9-18-16/h1-9,19H. The minimum Gasteiger partial charge on any atom is -0.353 e.